The minimum atomic E-state index is -0.585. The summed E-state index contributed by atoms with van der Waals surface area (Å²) >= 11 is 0. The summed E-state index contributed by atoms with van der Waals surface area (Å²) in [7, 11) is 1.62. The minimum Gasteiger partial charge on any atom is -0.497 e. The summed E-state index contributed by atoms with van der Waals surface area (Å²) < 4.78 is 11.1. The lowest BCUT2D eigenvalue weighted by Crippen LogP contribution is -2.52. The van der Waals surface area contributed by atoms with Crippen molar-refractivity contribution in [3.63, 3.8) is 0 Å². The molecular weight excluding hydrogens is 282 g/mol. The predicted octanol–water partition coefficient (Wildman–Crippen LogP) is 1.73. The lowest BCUT2D eigenvalue weighted by molar-refractivity contribution is -0.0333. The molecule has 22 heavy (non-hydrogen) atoms. The largest absolute Gasteiger partial charge is 0.497 e. The highest BCUT2D eigenvalue weighted by Gasteiger charge is 2.37. The van der Waals surface area contributed by atoms with Crippen LogP contribution in [0.25, 0.3) is 0 Å². The van der Waals surface area contributed by atoms with Crippen LogP contribution in [0, 0.1) is 0 Å². The molecule has 1 aromatic carbocycles. The molecule has 5 heteroatoms. The number of ether oxygens (including phenoxy) is 2. The van der Waals surface area contributed by atoms with Crippen molar-refractivity contribution in [3.05, 3.63) is 23.8 Å². The Morgan fingerprint density at radius 2 is 2.23 bits per heavy atom. The molecule has 0 bridgehead atoms. The van der Waals surface area contributed by atoms with Crippen molar-refractivity contribution in [3.8, 4) is 11.5 Å². The number of aliphatic hydroxyl groups excluding tert-OH is 2. The molecule has 3 rings (SSSR count). The molecule has 2 N–H and O–H groups in total. The van der Waals surface area contributed by atoms with Crippen molar-refractivity contribution < 1.29 is 19.7 Å². The van der Waals surface area contributed by atoms with E-state index >= 15 is 0 Å². The number of rotatable bonds is 4. The highest BCUT2D eigenvalue weighted by molar-refractivity contribution is 5.43. The van der Waals surface area contributed by atoms with E-state index in [2.05, 4.69) is 4.90 Å². The van der Waals surface area contributed by atoms with Gasteiger partial charge in [-0.05, 0) is 44.0 Å². The van der Waals surface area contributed by atoms with Crippen molar-refractivity contribution in [1.82, 2.24) is 4.90 Å². The van der Waals surface area contributed by atoms with Crippen LogP contribution in [-0.2, 0) is 0 Å². The van der Waals surface area contributed by atoms with Crippen LogP contribution in [-0.4, -0.2) is 54.1 Å². The summed E-state index contributed by atoms with van der Waals surface area (Å²) in [5.74, 6) is 1.47. The van der Waals surface area contributed by atoms with E-state index < -0.39 is 6.10 Å². The third kappa shape index (κ3) is 2.93. The highest BCUT2D eigenvalue weighted by Crippen LogP contribution is 2.38. The van der Waals surface area contributed by atoms with E-state index in [0.717, 1.165) is 42.9 Å². The Morgan fingerprint density at radius 3 is 3.00 bits per heavy atom. The monoisotopic (exact) mass is 307 g/mol. The molecule has 2 aliphatic heterocycles. The van der Waals surface area contributed by atoms with Crippen LogP contribution >= 0.6 is 0 Å². The maximum Gasteiger partial charge on any atom is 0.125 e. The number of piperidine rings is 1. The zero-order valence-electron chi connectivity index (χ0n) is 13.1. The molecule has 3 unspecified atom stereocenters. The molecule has 1 saturated heterocycles. The molecule has 0 aromatic heterocycles. The van der Waals surface area contributed by atoms with Gasteiger partial charge in [0.2, 0.25) is 0 Å². The average molecular weight is 307 g/mol. The van der Waals surface area contributed by atoms with Gasteiger partial charge in [-0.3, -0.25) is 4.90 Å². The van der Waals surface area contributed by atoms with Crippen LogP contribution in [0.15, 0.2) is 18.2 Å². The summed E-state index contributed by atoms with van der Waals surface area (Å²) in [4.78, 5) is 2.33. The van der Waals surface area contributed by atoms with Gasteiger partial charge in [0.15, 0.2) is 0 Å². The highest BCUT2D eigenvalue weighted by atomic mass is 16.5. The molecule has 0 amide bonds. The topological polar surface area (TPSA) is 62.2 Å². The fraction of sp³-hybridized carbons (Fsp3) is 0.647. The summed E-state index contributed by atoms with van der Waals surface area (Å²) in [6.45, 7) is 1.63. The normalized spacial score (nSPS) is 28.8. The number of methoxy groups -OCH3 is 1. The lowest BCUT2D eigenvalue weighted by atomic mass is 9.92. The second-order valence-corrected chi connectivity index (χ2v) is 6.13. The molecule has 5 nitrogen and oxygen atoms in total. The minimum absolute atomic E-state index is 0.0588. The Bertz CT molecular complexity index is 505. The first-order chi connectivity index (χ1) is 10.7. The van der Waals surface area contributed by atoms with Crippen LogP contribution in [0.5, 0.6) is 11.5 Å². The summed E-state index contributed by atoms with van der Waals surface area (Å²) in [5, 5.41) is 20.1. The number of likely N-dealkylation sites (tertiary alicyclic amines) is 1. The van der Waals surface area contributed by atoms with Gasteiger partial charge in [0.25, 0.3) is 0 Å². The third-order valence-corrected chi connectivity index (χ3v) is 4.87. The van der Waals surface area contributed by atoms with Gasteiger partial charge in [0.1, 0.15) is 24.2 Å². The molecule has 2 heterocycles. The third-order valence-electron chi connectivity index (χ3n) is 4.87. The van der Waals surface area contributed by atoms with Gasteiger partial charge < -0.3 is 19.7 Å². The van der Waals surface area contributed by atoms with Gasteiger partial charge >= 0.3 is 0 Å². The Kier molecular flexibility index (Phi) is 4.86. The first-order valence-electron chi connectivity index (χ1n) is 8.10. The SMILES string of the molecule is COc1ccc2c(c1)C(O)C(N1CCCCC1CCO)CO2. The molecule has 0 spiro atoms. The number of hydrogen-bond donors (Lipinski definition) is 2. The van der Waals surface area contributed by atoms with E-state index in [1.165, 1.54) is 6.42 Å². The Morgan fingerprint density at radius 1 is 1.36 bits per heavy atom. The van der Waals surface area contributed by atoms with Gasteiger partial charge in [-0.1, -0.05) is 6.42 Å². The van der Waals surface area contributed by atoms with Crippen molar-refractivity contribution in [1.29, 1.82) is 0 Å². The molecule has 3 atom stereocenters. The molecule has 1 fully saturated rings. The van der Waals surface area contributed by atoms with Crippen molar-refractivity contribution in [2.45, 2.75) is 43.9 Å². The average Bonchev–Trinajstić information content (AvgIpc) is 2.56. The van der Waals surface area contributed by atoms with Gasteiger partial charge in [-0.2, -0.15) is 0 Å². The Labute approximate surface area is 131 Å². The second kappa shape index (κ2) is 6.86. The van der Waals surface area contributed by atoms with Gasteiger partial charge in [0.05, 0.1) is 13.2 Å². The van der Waals surface area contributed by atoms with Crippen LogP contribution in [0.1, 0.15) is 37.4 Å². The van der Waals surface area contributed by atoms with Crippen LogP contribution in [0.4, 0.5) is 0 Å². The van der Waals surface area contributed by atoms with E-state index in [1.807, 2.05) is 18.2 Å². The molecule has 0 aliphatic carbocycles. The van der Waals surface area contributed by atoms with Crippen LogP contribution < -0.4 is 9.47 Å². The second-order valence-electron chi connectivity index (χ2n) is 6.13. The first-order valence-corrected chi connectivity index (χ1v) is 8.10. The fourth-order valence-electron chi connectivity index (χ4n) is 3.69. The molecule has 1 aromatic rings. The standard InChI is InChI=1S/C17H25NO4/c1-21-13-5-6-16-14(10-13)17(20)15(11-22-16)18-8-3-2-4-12(18)7-9-19/h5-6,10,12,15,17,19-20H,2-4,7-9,11H2,1H3. The van der Waals surface area contributed by atoms with Gasteiger partial charge in [-0.15, -0.1) is 0 Å². The van der Waals surface area contributed by atoms with Crippen molar-refractivity contribution >= 4 is 0 Å². The van der Waals surface area contributed by atoms with E-state index in [4.69, 9.17) is 9.47 Å². The number of benzene rings is 1. The smallest absolute Gasteiger partial charge is 0.125 e. The first kappa shape index (κ1) is 15.6. The van der Waals surface area contributed by atoms with E-state index in [0.29, 0.717) is 12.6 Å². The number of nitrogens with zero attached hydrogens (tertiary/aromatic N) is 1. The van der Waals surface area contributed by atoms with E-state index in [1.54, 1.807) is 7.11 Å². The summed E-state index contributed by atoms with van der Waals surface area (Å²) in [5.41, 5.74) is 0.795. The van der Waals surface area contributed by atoms with Gasteiger partial charge in [0, 0.05) is 18.2 Å². The molecule has 0 radical (unpaired) electrons. The zero-order chi connectivity index (χ0) is 15.5. The maximum absolute atomic E-state index is 10.8. The number of fused-ring (bicyclic) bond motifs is 1. The van der Waals surface area contributed by atoms with E-state index in [9.17, 15) is 10.2 Å². The predicted molar refractivity (Wildman–Crippen MR) is 83.3 cm³/mol. The van der Waals surface area contributed by atoms with Crippen LogP contribution in [0.3, 0.4) is 0 Å². The quantitative estimate of drug-likeness (QED) is 0.887. The van der Waals surface area contributed by atoms with E-state index in [-0.39, 0.29) is 12.6 Å². The molecule has 2 aliphatic rings. The molecular formula is C17H25NO4. The van der Waals surface area contributed by atoms with Crippen molar-refractivity contribution in [2.24, 2.45) is 0 Å². The lowest BCUT2D eigenvalue weighted by Gasteiger charge is -2.44. The summed E-state index contributed by atoms with van der Waals surface area (Å²) in [6, 6.07) is 5.83. The molecule has 122 valence electrons. The zero-order valence-corrected chi connectivity index (χ0v) is 13.1. The molecule has 0 saturated carbocycles. The maximum atomic E-state index is 10.8. The van der Waals surface area contributed by atoms with Gasteiger partial charge in [-0.25, -0.2) is 0 Å². The summed E-state index contributed by atoms with van der Waals surface area (Å²) in [6.07, 6.45) is 3.58. The Hall–Kier alpha value is -1.30. The number of aliphatic hydroxyl groups is 2. The number of hydrogen-bond acceptors (Lipinski definition) is 5. The van der Waals surface area contributed by atoms with Crippen LogP contribution in [0.2, 0.25) is 0 Å². The fourth-order valence-corrected chi connectivity index (χ4v) is 3.69. The Balaban J connectivity index is 1.82. The van der Waals surface area contributed by atoms with Crippen molar-refractivity contribution in [2.75, 3.05) is 26.9 Å².